The molecule has 36 heavy (non-hydrogen) atoms. The fourth-order valence-electron chi connectivity index (χ4n) is 6.05. The number of amides is 1. The highest BCUT2D eigenvalue weighted by Crippen LogP contribution is 2.50. The Morgan fingerprint density at radius 2 is 1.36 bits per heavy atom. The molecule has 1 N–H and O–H groups in total. The molecule has 1 aliphatic carbocycles. The second kappa shape index (κ2) is 10.2. The zero-order chi connectivity index (χ0) is 25.1. The van der Waals surface area contributed by atoms with Crippen molar-refractivity contribution in [3.8, 4) is 0 Å². The van der Waals surface area contributed by atoms with Crippen molar-refractivity contribution in [3.05, 3.63) is 108 Å². The van der Waals surface area contributed by atoms with E-state index in [4.69, 9.17) is 0 Å². The van der Waals surface area contributed by atoms with Crippen LogP contribution in [0.4, 0.5) is 0 Å². The summed E-state index contributed by atoms with van der Waals surface area (Å²) in [5.74, 6) is -1.85. The molecule has 0 radical (unpaired) electrons. The smallest absolute Gasteiger partial charge is 0.222 e. The SMILES string of the molecule is O=C(c1ccccc1)[C@@H]1C[C@H](CN2CCCC2=O)[C@@](O)(c2ccccc2)[C@H](C(=O)c2ccccc2)C1. The van der Waals surface area contributed by atoms with Crippen molar-refractivity contribution in [3.63, 3.8) is 0 Å². The third-order valence-electron chi connectivity index (χ3n) is 7.90. The molecule has 1 heterocycles. The first-order valence-electron chi connectivity index (χ1n) is 12.7. The quantitative estimate of drug-likeness (QED) is 0.487. The molecule has 0 bridgehead atoms. The summed E-state index contributed by atoms with van der Waals surface area (Å²) >= 11 is 0. The van der Waals surface area contributed by atoms with Gasteiger partial charge in [-0.15, -0.1) is 0 Å². The van der Waals surface area contributed by atoms with Crippen LogP contribution < -0.4 is 0 Å². The van der Waals surface area contributed by atoms with Crippen LogP contribution >= 0.6 is 0 Å². The van der Waals surface area contributed by atoms with Crippen molar-refractivity contribution in [2.24, 2.45) is 17.8 Å². The summed E-state index contributed by atoms with van der Waals surface area (Å²) in [5.41, 5.74) is 0.265. The Kier molecular flexibility index (Phi) is 6.84. The van der Waals surface area contributed by atoms with Gasteiger partial charge in [0, 0.05) is 42.5 Å². The second-order valence-corrected chi connectivity index (χ2v) is 10.0. The van der Waals surface area contributed by atoms with Crippen LogP contribution in [0.2, 0.25) is 0 Å². The van der Waals surface area contributed by atoms with Crippen LogP contribution in [0.5, 0.6) is 0 Å². The first-order chi connectivity index (χ1) is 17.5. The van der Waals surface area contributed by atoms with Gasteiger partial charge in [-0.2, -0.15) is 0 Å². The van der Waals surface area contributed by atoms with Gasteiger partial charge in [0.05, 0.1) is 5.92 Å². The van der Waals surface area contributed by atoms with Gasteiger partial charge in [-0.05, 0) is 24.8 Å². The number of aliphatic hydroxyl groups is 1. The zero-order valence-electron chi connectivity index (χ0n) is 20.3. The predicted molar refractivity (Wildman–Crippen MR) is 137 cm³/mol. The fourth-order valence-corrected chi connectivity index (χ4v) is 6.05. The number of hydrogen-bond acceptors (Lipinski definition) is 4. The van der Waals surface area contributed by atoms with Crippen LogP contribution in [-0.2, 0) is 10.4 Å². The Balaban J connectivity index is 1.60. The minimum absolute atomic E-state index is 0.0191. The Morgan fingerprint density at radius 3 is 1.92 bits per heavy atom. The summed E-state index contributed by atoms with van der Waals surface area (Å²) in [7, 11) is 0. The number of carbonyl (C=O) groups excluding carboxylic acids is 3. The van der Waals surface area contributed by atoms with Crippen molar-refractivity contribution in [1.29, 1.82) is 0 Å². The molecule has 2 aliphatic rings. The molecule has 5 heteroatoms. The minimum Gasteiger partial charge on any atom is -0.384 e. The summed E-state index contributed by atoms with van der Waals surface area (Å²) in [4.78, 5) is 42.0. The number of likely N-dealkylation sites (tertiary alicyclic amines) is 1. The van der Waals surface area contributed by atoms with Gasteiger partial charge in [0.15, 0.2) is 11.6 Å². The maximum Gasteiger partial charge on any atom is 0.222 e. The van der Waals surface area contributed by atoms with Gasteiger partial charge in [0.25, 0.3) is 0 Å². The fraction of sp³-hybridized carbons (Fsp3) is 0.323. The third-order valence-corrected chi connectivity index (χ3v) is 7.90. The second-order valence-electron chi connectivity index (χ2n) is 10.0. The normalized spacial score (nSPS) is 26.1. The first kappa shape index (κ1) is 24.1. The molecule has 0 aromatic heterocycles. The van der Waals surface area contributed by atoms with Crippen LogP contribution in [0.25, 0.3) is 0 Å². The first-order valence-corrected chi connectivity index (χ1v) is 12.7. The lowest BCUT2D eigenvalue weighted by atomic mass is 9.59. The van der Waals surface area contributed by atoms with E-state index in [1.807, 2.05) is 66.7 Å². The van der Waals surface area contributed by atoms with Crippen LogP contribution in [0.15, 0.2) is 91.0 Å². The molecule has 184 valence electrons. The van der Waals surface area contributed by atoms with Crippen molar-refractivity contribution >= 4 is 17.5 Å². The molecule has 5 nitrogen and oxygen atoms in total. The maximum absolute atomic E-state index is 14.0. The van der Waals surface area contributed by atoms with Crippen molar-refractivity contribution < 1.29 is 19.5 Å². The molecule has 2 fully saturated rings. The molecule has 1 amide bonds. The van der Waals surface area contributed by atoms with Gasteiger partial charge < -0.3 is 10.0 Å². The molecule has 0 spiro atoms. The van der Waals surface area contributed by atoms with E-state index < -0.39 is 23.4 Å². The van der Waals surface area contributed by atoms with Gasteiger partial charge in [0.1, 0.15) is 5.60 Å². The highest BCUT2D eigenvalue weighted by molar-refractivity contribution is 6.01. The number of Topliss-reactive ketones (excluding diaryl/α,β-unsaturated/α-hetero) is 2. The Bertz CT molecular complexity index is 1230. The number of nitrogens with zero attached hydrogens (tertiary/aromatic N) is 1. The molecule has 0 unspecified atom stereocenters. The minimum atomic E-state index is -1.51. The van der Waals surface area contributed by atoms with E-state index in [1.54, 1.807) is 29.2 Å². The van der Waals surface area contributed by atoms with E-state index in [9.17, 15) is 19.5 Å². The molecular weight excluding hydrogens is 450 g/mol. The van der Waals surface area contributed by atoms with E-state index in [1.165, 1.54) is 0 Å². The summed E-state index contributed by atoms with van der Waals surface area (Å²) < 4.78 is 0. The Labute approximate surface area is 211 Å². The van der Waals surface area contributed by atoms with Crippen molar-refractivity contribution in [1.82, 2.24) is 4.90 Å². The average Bonchev–Trinajstić information content (AvgIpc) is 3.34. The van der Waals surface area contributed by atoms with Gasteiger partial charge in [-0.25, -0.2) is 0 Å². The number of benzene rings is 3. The number of rotatable bonds is 7. The lowest BCUT2D eigenvalue weighted by Crippen LogP contribution is -2.55. The average molecular weight is 482 g/mol. The number of hydrogen-bond donors (Lipinski definition) is 1. The van der Waals surface area contributed by atoms with Crippen LogP contribution in [0, 0.1) is 17.8 Å². The molecule has 3 aromatic rings. The third kappa shape index (κ3) is 4.51. The van der Waals surface area contributed by atoms with Crippen LogP contribution in [0.3, 0.4) is 0 Å². The van der Waals surface area contributed by atoms with E-state index in [2.05, 4.69) is 0 Å². The molecule has 4 atom stereocenters. The van der Waals surface area contributed by atoms with E-state index in [-0.39, 0.29) is 23.9 Å². The van der Waals surface area contributed by atoms with Gasteiger partial charge in [0.2, 0.25) is 5.91 Å². The molecular formula is C31H31NO4. The Morgan fingerprint density at radius 1 is 0.806 bits per heavy atom. The van der Waals surface area contributed by atoms with E-state index in [0.717, 1.165) is 6.42 Å². The predicted octanol–water partition coefficient (Wildman–Crippen LogP) is 4.90. The lowest BCUT2D eigenvalue weighted by Gasteiger charge is -2.49. The lowest BCUT2D eigenvalue weighted by molar-refractivity contribution is -0.134. The van der Waals surface area contributed by atoms with Crippen molar-refractivity contribution in [2.45, 2.75) is 31.3 Å². The maximum atomic E-state index is 14.0. The highest BCUT2D eigenvalue weighted by atomic mass is 16.3. The molecule has 5 rings (SSSR count). The summed E-state index contributed by atoms with van der Waals surface area (Å²) in [6.07, 6.45) is 1.93. The van der Waals surface area contributed by atoms with Gasteiger partial charge in [-0.3, -0.25) is 14.4 Å². The van der Waals surface area contributed by atoms with Crippen LogP contribution in [0.1, 0.15) is 52.0 Å². The standard InChI is InChI=1S/C31H31NO4/c33-28-17-10-18-32(28)21-26-19-24(29(34)22-11-4-1-5-12-22)20-27(30(35)23-13-6-2-7-14-23)31(26,36)25-15-8-3-9-16-25/h1-9,11-16,24,26-27,36H,10,17-21H2/t24-,26-,27+,31+/m1/s1. The highest BCUT2D eigenvalue weighted by Gasteiger charge is 2.55. The van der Waals surface area contributed by atoms with E-state index in [0.29, 0.717) is 42.6 Å². The number of ketones is 2. The molecule has 1 saturated carbocycles. The summed E-state index contributed by atoms with van der Waals surface area (Å²) in [5, 5.41) is 12.5. The Hall–Kier alpha value is -3.57. The monoisotopic (exact) mass is 481 g/mol. The summed E-state index contributed by atoms with van der Waals surface area (Å²) in [6.45, 7) is 0.955. The largest absolute Gasteiger partial charge is 0.384 e. The zero-order valence-corrected chi connectivity index (χ0v) is 20.3. The topological polar surface area (TPSA) is 74.7 Å². The van der Waals surface area contributed by atoms with Crippen molar-refractivity contribution in [2.75, 3.05) is 13.1 Å². The van der Waals surface area contributed by atoms with Crippen LogP contribution in [-0.4, -0.2) is 40.6 Å². The molecule has 1 saturated heterocycles. The van der Waals surface area contributed by atoms with E-state index >= 15 is 0 Å². The molecule has 3 aromatic carbocycles. The number of carbonyl (C=O) groups is 3. The summed E-state index contributed by atoms with van der Waals surface area (Å²) in [6, 6.07) is 27.4. The van der Waals surface area contributed by atoms with Gasteiger partial charge in [-0.1, -0.05) is 91.0 Å². The van der Waals surface area contributed by atoms with Gasteiger partial charge >= 0.3 is 0 Å². The molecule has 1 aliphatic heterocycles.